The topological polar surface area (TPSA) is 73.8 Å². The maximum absolute atomic E-state index is 11.9. The number of benzene rings is 1. The average molecular weight is 370 g/mol. The van der Waals surface area contributed by atoms with E-state index in [9.17, 15) is 9.90 Å². The number of likely N-dealkylation sites (tertiary alicyclic amines) is 1. The molecule has 25 heavy (non-hydrogen) atoms. The molecule has 0 aliphatic carbocycles. The highest BCUT2D eigenvalue weighted by Gasteiger charge is 2.22. The predicted octanol–water partition coefficient (Wildman–Crippen LogP) is 3.10. The van der Waals surface area contributed by atoms with Gasteiger partial charge in [-0.1, -0.05) is 11.6 Å². The molecule has 1 aliphatic heterocycles. The second-order valence-electron chi connectivity index (χ2n) is 6.18. The summed E-state index contributed by atoms with van der Waals surface area (Å²) in [5, 5.41) is 15.4. The Morgan fingerprint density at radius 2 is 2.28 bits per heavy atom. The molecule has 1 saturated heterocycles. The number of rotatable bonds is 9. The lowest BCUT2D eigenvalue weighted by molar-refractivity contribution is 0.157. The molecule has 1 aliphatic rings. The van der Waals surface area contributed by atoms with Gasteiger partial charge in [0.1, 0.15) is 5.75 Å². The second kappa shape index (κ2) is 10.5. The molecule has 0 spiro atoms. The minimum absolute atomic E-state index is 0.241. The smallest absolute Gasteiger partial charge is 0.319 e. The Kier molecular flexibility index (Phi) is 8.31. The summed E-state index contributed by atoms with van der Waals surface area (Å²) in [6.07, 6.45) is 4.16. The first-order chi connectivity index (χ1) is 12.1. The Labute approximate surface area is 154 Å². The van der Waals surface area contributed by atoms with Gasteiger partial charge in [-0.25, -0.2) is 4.79 Å². The molecule has 1 aromatic carbocycles. The SMILES string of the molecule is CCOc1ccc(NC(=O)NCCCCN2CCCC2CO)cc1Cl. The standard InChI is InChI=1S/C18H28ClN3O3/c1-2-25-17-8-7-14(12-16(17)19)21-18(24)20-9-3-4-10-22-11-5-6-15(22)13-23/h7-8,12,15,23H,2-6,9-11,13H2,1H3,(H2,20,21,24). The molecular weight excluding hydrogens is 342 g/mol. The monoisotopic (exact) mass is 369 g/mol. The van der Waals surface area contributed by atoms with Crippen LogP contribution in [0.5, 0.6) is 5.75 Å². The number of nitrogens with one attached hydrogen (secondary N) is 2. The molecule has 2 rings (SSSR count). The molecule has 140 valence electrons. The van der Waals surface area contributed by atoms with Crippen LogP contribution in [0, 0.1) is 0 Å². The van der Waals surface area contributed by atoms with Crippen LogP contribution in [0.3, 0.4) is 0 Å². The van der Waals surface area contributed by atoms with Crippen LogP contribution in [-0.4, -0.2) is 54.9 Å². The molecule has 0 radical (unpaired) electrons. The quantitative estimate of drug-likeness (QED) is 0.585. The van der Waals surface area contributed by atoms with E-state index in [1.807, 2.05) is 6.92 Å². The summed E-state index contributed by atoms with van der Waals surface area (Å²) in [5.41, 5.74) is 0.633. The summed E-state index contributed by atoms with van der Waals surface area (Å²) < 4.78 is 5.37. The fourth-order valence-electron chi connectivity index (χ4n) is 3.06. The number of nitrogens with zero attached hydrogens (tertiary/aromatic N) is 1. The lowest BCUT2D eigenvalue weighted by atomic mass is 10.2. The Morgan fingerprint density at radius 3 is 3.00 bits per heavy atom. The van der Waals surface area contributed by atoms with Crippen LogP contribution in [0.2, 0.25) is 5.02 Å². The number of carbonyl (C=O) groups is 1. The number of ether oxygens (including phenoxy) is 1. The molecule has 0 bridgehead atoms. The van der Waals surface area contributed by atoms with Gasteiger partial charge < -0.3 is 20.5 Å². The van der Waals surface area contributed by atoms with Crippen LogP contribution in [0.25, 0.3) is 0 Å². The molecule has 6 nitrogen and oxygen atoms in total. The van der Waals surface area contributed by atoms with E-state index in [-0.39, 0.29) is 12.6 Å². The van der Waals surface area contributed by atoms with Gasteiger partial charge in [-0.05, 0) is 63.9 Å². The van der Waals surface area contributed by atoms with E-state index >= 15 is 0 Å². The van der Waals surface area contributed by atoms with Crippen molar-refractivity contribution >= 4 is 23.3 Å². The first-order valence-corrected chi connectivity index (χ1v) is 9.34. The highest BCUT2D eigenvalue weighted by molar-refractivity contribution is 6.32. The van der Waals surface area contributed by atoms with Crippen molar-refractivity contribution in [3.8, 4) is 5.75 Å². The largest absolute Gasteiger partial charge is 0.492 e. The van der Waals surface area contributed by atoms with Crippen molar-refractivity contribution in [2.24, 2.45) is 0 Å². The number of amides is 2. The zero-order chi connectivity index (χ0) is 18.1. The first-order valence-electron chi connectivity index (χ1n) is 8.96. The van der Waals surface area contributed by atoms with E-state index < -0.39 is 0 Å². The molecule has 1 unspecified atom stereocenters. The number of anilines is 1. The third-order valence-corrected chi connectivity index (χ3v) is 4.65. The number of carbonyl (C=O) groups excluding carboxylic acids is 1. The van der Waals surface area contributed by atoms with Gasteiger partial charge in [-0.3, -0.25) is 4.90 Å². The number of hydrogen-bond acceptors (Lipinski definition) is 4. The Morgan fingerprint density at radius 1 is 1.44 bits per heavy atom. The maximum Gasteiger partial charge on any atom is 0.319 e. The molecule has 0 aromatic heterocycles. The van der Waals surface area contributed by atoms with Crippen molar-refractivity contribution in [2.75, 3.05) is 38.2 Å². The van der Waals surface area contributed by atoms with Crippen LogP contribution < -0.4 is 15.4 Å². The zero-order valence-corrected chi connectivity index (χ0v) is 15.5. The molecule has 3 N–H and O–H groups in total. The molecule has 1 fully saturated rings. The number of aliphatic hydroxyl groups excluding tert-OH is 1. The lowest BCUT2D eigenvalue weighted by Gasteiger charge is -2.22. The summed E-state index contributed by atoms with van der Waals surface area (Å²) in [7, 11) is 0. The van der Waals surface area contributed by atoms with E-state index in [1.54, 1.807) is 18.2 Å². The summed E-state index contributed by atoms with van der Waals surface area (Å²) in [6, 6.07) is 5.26. The molecule has 1 atom stereocenters. The van der Waals surface area contributed by atoms with Crippen molar-refractivity contribution in [2.45, 2.75) is 38.6 Å². The second-order valence-corrected chi connectivity index (χ2v) is 6.59. The van der Waals surface area contributed by atoms with Crippen LogP contribution >= 0.6 is 11.6 Å². The third kappa shape index (κ3) is 6.38. The Bertz CT molecular complexity index is 556. The predicted molar refractivity (Wildman–Crippen MR) is 101 cm³/mol. The van der Waals surface area contributed by atoms with Gasteiger partial charge in [0.2, 0.25) is 0 Å². The van der Waals surface area contributed by atoms with Crippen LogP contribution in [0.4, 0.5) is 10.5 Å². The number of unbranched alkanes of at least 4 members (excludes halogenated alkanes) is 1. The van der Waals surface area contributed by atoms with Crippen molar-refractivity contribution in [3.05, 3.63) is 23.2 Å². The molecule has 2 amide bonds. The van der Waals surface area contributed by atoms with Gasteiger partial charge in [0.25, 0.3) is 0 Å². The molecule has 0 saturated carbocycles. The molecule has 1 heterocycles. The van der Waals surface area contributed by atoms with Crippen molar-refractivity contribution < 1.29 is 14.6 Å². The number of aliphatic hydroxyl groups is 1. The van der Waals surface area contributed by atoms with Crippen LogP contribution in [-0.2, 0) is 0 Å². The highest BCUT2D eigenvalue weighted by Crippen LogP contribution is 2.27. The van der Waals surface area contributed by atoms with E-state index in [0.29, 0.717) is 35.7 Å². The van der Waals surface area contributed by atoms with Gasteiger partial charge in [0.05, 0.1) is 18.2 Å². The van der Waals surface area contributed by atoms with Gasteiger partial charge >= 0.3 is 6.03 Å². The molecule has 1 aromatic rings. The lowest BCUT2D eigenvalue weighted by Crippen LogP contribution is -2.34. The van der Waals surface area contributed by atoms with Crippen molar-refractivity contribution in [3.63, 3.8) is 0 Å². The molecule has 7 heteroatoms. The Hall–Kier alpha value is -1.50. The van der Waals surface area contributed by atoms with E-state index in [0.717, 1.165) is 38.8 Å². The minimum atomic E-state index is -0.241. The fourth-order valence-corrected chi connectivity index (χ4v) is 3.30. The molecular formula is C18H28ClN3O3. The van der Waals surface area contributed by atoms with Crippen LogP contribution in [0.1, 0.15) is 32.6 Å². The van der Waals surface area contributed by atoms with Crippen LogP contribution in [0.15, 0.2) is 18.2 Å². The highest BCUT2D eigenvalue weighted by atomic mass is 35.5. The van der Waals surface area contributed by atoms with Crippen molar-refractivity contribution in [1.82, 2.24) is 10.2 Å². The van der Waals surface area contributed by atoms with Gasteiger partial charge in [0, 0.05) is 18.3 Å². The normalized spacial score (nSPS) is 17.5. The van der Waals surface area contributed by atoms with Crippen molar-refractivity contribution in [1.29, 1.82) is 0 Å². The van der Waals surface area contributed by atoms with Gasteiger partial charge in [-0.15, -0.1) is 0 Å². The van der Waals surface area contributed by atoms with E-state index in [1.165, 1.54) is 0 Å². The number of hydrogen-bond donors (Lipinski definition) is 3. The summed E-state index contributed by atoms with van der Waals surface area (Å²) in [5.74, 6) is 0.609. The summed E-state index contributed by atoms with van der Waals surface area (Å²) in [6.45, 7) is 5.34. The zero-order valence-electron chi connectivity index (χ0n) is 14.8. The first kappa shape index (κ1) is 19.8. The number of halogens is 1. The van der Waals surface area contributed by atoms with E-state index in [4.69, 9.17) is 16.3 Å². The number of urea groups is 1. The average Bonchev–Trinajstić information content (AvgIpc) is 3.04. The third-order valence-electron chi connectivity index (χ3n) is 4.36. The van der Waals surface area contributed by atoms with Gasteiger partial charge in [0.15, 0.2) is 0 Å². The summed E-state index contributed by atoms with van der Waals surface area (Å²) >= 11 is 6.10. The van der Waals surface area contributed by atoms with Gasteiger partial charge in [-0.2, -0.15) is 0 Å². The maximum atomic E-state index is 11.9. The minimum Gasteiger partial charge on any atom is -0.492 e. The summed E-state index contributed by atoms with van der Waals surface area (Å²) in [4.78, 5) is 14.2. The fraction of sp³-hybridized carbons (Fsp3) is 0.611. The Balaban J connectivity index is 1.63. The van der Waals surface area contributed by atoms with E-state index in [2.05, 4.69) is 15.5 Å².